The summed E-state index contributed by atoms with van der Waals surface area (Å²) in [5.41, 5.74) is 0. The molecule has 0 bridgehead atoms. The number of hydrogen-bond acceptors (Lipinski definition) is 3. The van der Waals surface area contributed by atoms with E-state index >= 15 is 0 Å². The van der Waals surface area contributed by atoms with Gasteiger partial charge in [0.05, 0.1) is 0 Å². The molecule has 0 aliphatic carbocycles. The fraction of sp³-hybridized carbons (Fsp3) is 0.929. The van der Waals surface area contributed by atoms with Crippen molar-refractivity contribution >= 4 is 5.91 Å². The molecule has 1 amide bonds. The number of hydrogen-bond donors (Lipinski definition) is 1. The number of carbonyl (C=O) groups is 1. The van der Waals surface area contributed by atoms with Crippen molar-refractivity contribution in [2.75, 3.05) is 40.3 Å². The van der Waals surface area contributed by atoms with Gasteiger partial charge in [-0.05, 0) is 13.0 Å². The summed E-state index contributed by atoms with van der Waals surface area (Å²) in [6, 6.07) is 0.0416. The molecule has 0 aromatic carbocycles. The lowest BCUT2D eigenvalue weighted by molar-refractivity contribution is -0.135. The lowest BCUT2D eigenvalue weighted by Crippen LogP contribution is -2.57. The molecule has 1 rings (SSSR count). The molecule has 0 spiro atoms. The first kappa shape index (κ1) is 15.4. The number of piperazine rings is 1. The maximum absolute atomic E-state index is 12.1. The van der Waals surface area contributed by atoms with Crippen LogP contribution in [0.5, 0.6) is 0 Å². The van der Waals surface area contributed by atoms with Gasteiger partial charge in [-0.15, -0.1) is 0 Å². The van der Waals surface area contributed by atoms with E-state index in [4.69, 9.17) is 0 Å². The maximum atomic E-state index is 12.1. The monoisotopic (exact) mass is 255 g/mol. The summed E-state index contributed by atoms with van der Waals surface area (Å²) < 4.78 is 0. The van der Waals surface area contributed by atoms with E-state index in [1.54, 1.807) is 4.90 Å². The normalized spacial score (nSPS) is 20.9. The predicted octanol–water partition coefficient (Wildman–Crippen LogP) is 1.32. The topological polar surface area (TPSA) is 35.6 Å². The van der Waals surface area contributed by atoms with E-state index in [1.807, 2.05) is 14.1 Å². The fourth-order valence-corrected chi connectivity index (χ4v) is 2.47. The average Bonchev–Trinajstić information content (AvgIpc) is 2.38. The molecule has 18 heavy (non-hydrogen) atoms. The Morgan fingerprint density at radius 3 is 2.67 bits per heavy atom. The molecule has 1 unspecified atom stereocenters. The summed E-state index contributed by atoms with van der Waals surface area (Å²) >= 11 is 0. The molecular weight excluding hydrogens is 226 g/mol. The molecule has 0 radical (unpaired) electrons. The van der Waals surface area contributed by atoms with Crippen molar-refractivity contribution in [3.8, 4) is 0 Å². The van der Waals surface area contributed by atoms with E-state index in [9.17, 15) is 4.79 Å². The highest BCUT2D eigenvalue weighted by Crippen LogP contribution is 2.09. The molecule has 1 fully saturated rings. The van der Waals surface area contributed by atoms with E-state index in [2.05, 4.69) is 17.1 Å². The lowest BCUT2D eigenvalue weighted by Gasteiger charge is -2.36. The molecular formula is C14H29N3O. The van der Waals surface area contributed by atoms with E-state index in [-0.39, 0.29) is 11.9 Å². The number of rotatable bonds is 7. The summed E-state index contributed by atoms with van der Waals surface area (Å²) in [7, 11) is 3.69. The minimum absolute atomic E-state index is 0.0416. The van der Waals surface area contributed by atoms with Crippen molar-refractivity contribution in [3.63, 3.8) is 0 Å². The van der Waals surface area contributed by atoms with Crippen LogP contribution in [0.15, 0.2) is 0 Å². The van der Waals surface area contributed by atoms with Crippen LogP contribution in [0.1, 0.15) is 39.0 Å². The van der Waals surface area contributed by atoms with Crippen LogP contribution in [-0.2, 0) is 4.79 Å². The molecule has 4 nitrogen and oxygen atoms in total. The van der Waals surface area contributed by atoms with Crippen LogP contribution < -0.4 is 5.32 Å². The van der Waals surface area contributed by atoms with Crippen LogP contribution in [0.4, 0.5) is 0 Å². The molecule has 106 valence electrons. The second-order valence-electron chi connectivity index (χ2n) is 5.40. The predicted molar refractivity (Wildman–Crippen MR) is 75.7 cm³/mol. The first-order valence-electron chi connectivity index (χ1n) is 7.32. The first-order chi connectivity index (χ1) is 8.66. The Bertz CT molecular complexity index is 243. The fourth-order valence-electron chi connectivity index (χ4n) is 2.47. The third kappa shape index (κ3) is 4.94. The minimum atomic E-state index is 0.0416. The summed E-state index contributed by atoms with van der Waals surface area (Å²) in [5, 5.41) is 3.32. The van der Waals surface area contributed by atoms with Gasteiger partial charge in [-0.25, -0.2) is 0 Å². The van der Waals surface area contributed by atoms with E-state index in [0.717, 1.165) is 26.2 Å². The Balaban J connectivity index is 2.33. The van der Waals surface area contributed by atoms with Gasteiger partial charge in [0.15, 0.2) is 0 Å². The van der Waals surface area contributed by atoms with E-state index in [1.165, 1.54) is 32.1 Å². The van der Waals surface area contributed by atoms with Crippen molar-refractivity contribution in [3.05, 3.63) is 0 Å². The number of nitrogens with one attached hydrogen (secondary N) is 1. The second kappa shape index (κ2) is 8.48. The Morgan fingerprint density at radius 2 is 2.00 bits per heavy atom. The van der Waals surface area contributed by atoms with Gasteiger partial charge in [0.25, 0.3) is 0 Å². The minimum Gasteiger partial charge on any atom is -0.347 e. The SMILES string of the molecule is CCCCCCCN1CCNCC1C(=O)N(C)C. The highest BCUT2D eigenvalue weighted by atomic mass is 16.2. The van der Waals surface area contributed by atoms with Crippen molar-refractivity contribution in [1.29, 1.82) is 0 Å². The second-order valence-corrected chi connectivity index (χ2v) is 5.40. The van der Waals surface area contributed by atoms with E-state index < -0.39 is 0 Å². The van der Waals surface area contributed by atoms with Crippen LogP contribution in [0.3, 0.4) is 0 Å². The number of unbranched alkanes of at least 4 members (excludes halogenated alkanes) is 4. The number of nitrogens with zero attached hydrogens (tertiary/aromatic N) is 2. The third-order valence-corrected chi connectivity index (χ3v) is 3.63. The Morgan fingerprint density at radius 1 is 1.28 bits per heavy atom. The molecule has 0 saturated carbocycles. The zero-order valence-electron chi connectivity index (χ0n) is 12.2. The third-order valence-electron chi connectivity index (χ3n) is 3.63. The highest BCUT2D eigenvalue weighted by molar-refractivity contribution is 5.81. The van der Waals surface area contributed by atoms with Gasteiger partial charge < -0.3 is 10.2 Å². The molecule has 1 N–H and O–H groups in total. The van der Waals surface area contributed by atoms with Gasteiger partial charge in [-0.2, -0.15) is 0 Å². The van der Waals surface area contributed by atoms with Gasteiger partial charge in [0.2, 0.25) is 5.91 Å². The van der Waals surface area contributed by atoms with Crippen LogP contribution >= 0.6 is 0 Å². The van der Waals surface area contributed by atoms with Crippen LogP contribution in [0.25, 0.3) is 0 Å². The Labute approximate surface area is 112 Å². The van der Waals surface area contributed by atoms with Crippen LogP contribution in [0, 0.1) is 0 Å². The summed E-state index contributed by atoms with van der Waals surface area (Å²) in [4.78, 5) is 16.1. The molecule has 0 aromatic rings. The lowest BCUT2D eigenvalue weighted by atomic mass is 10.1. The molecule has 1 aliphatic rings. The molecule has 0 aromatic heterocycles. The molecule has 1 heterocycles. The first-order valence-corrected chi connectivity index (χ1v) is 7.32. The molecule has 1 atom stereocenters. The van der Waals surface area contributed by atoms with Crippen LogP contribution in [-0.4, -0.2) is 62.0 Å². The molecule has 1 aliphatic heterocycles. The van der Waals surface area contributed by atoms with Crippen molar-refractivity contribution in [2.45, 2.75) is 45.1 Å². The highest BCUT2D eigenvalue weighted by Gasteiger charge is 2.28. The van der Waals surface area contributed by atoms with Crippen LogP contribution in [0.2, 0.25) is 0 Å². The summed E-state index contributed by atoms with van der Waals surface area (Å²) in [6.07, 6.45) is 6.46. The summed E-state index contributed by atoms with van der Waals surface area (Å²) in [6.45, 7) is 6.11. The van der Waals surface area contributed by atoms with Gasteiger partial charge >= 0.3 is 0 Å². The van der Waals surface area contributed by atoms with Gasteiger partial charge in [-0.3, -0.25) is 9.69 Å². The largest absolute Gasteiger partial charge is 0.347 e. The number of amides is 1. The number of carbonyl (C=O) groups excluding carboxylic acids is 1. The van der Waals surface area contributed by atoms with Crippen molar-refractivity contribution in [2.24, 2.45) is 0 Å². The zero-order valence-corrected chi connectivity index (χ0v) is 12.2. The molecule has 1 saturated heterocycles. The zero-order chi connectivity index (χ0) is 13.4. The smallest absolute Gasteiger partial charge is 0.240 e. The molecule has 4 heteroatoms. The van der Waals surface area contributed by atoms with Crippen molar-refractivity contribution in [1.82, 2.24) is 15.1 Å². The summed E-state index contributed by atoms with van der Waals surface area (Å²) in [5.74, 6) is 0.232. The quantitative estimate of drug-likeness (QED) is 0.697. The Kier molecular flexibility index (Phi) is 7.28. The Hall–Kier alpha value is -0.610. The van der Waals surface area contributed by atoms with Gasteiger partial charge in [0, 0.05) is 33.7 Å². The van der Waals surface area contributed by atoms with Crippen molar-refractivity contribution < 1.29 is 4.79 Å². The average molecular weight is 255 g/mol. The van der Waals surface area contributed by atoms with Gasteiger partial charge in [-0.1, -0.05) is 32.6 Å². The van der Waals surface area contributed by atoms with E-state index in [0.29, 0.717) is 0 Å². The van der Waals surface area contributed by atoms with Gasteiger partial charge in [0.1, 0.15) is 6.04 Å². The maximum Gasteiger partial charge on any atom is 0.240 e. The number of likely N-dealkylation sites (N-methyl/N-ethyl adjacent to an activating group) is 1. The standard InChI is InChI=1S/C14H29N3O/c1-4-5-6-7-8-10-17-11-9-15-12-13(17)14(18)16(2)3/h13,15H,4-12H2,1-3H3.